The highest BCUT2D eigenvalue weighted by molar-refractivity contribution is 6.43. The van der Waals surface area contributed by atoms with Gasteiger partial charge in [-0.05, 0) is 43.2 Å². The van der Waals surface area contributed by atoms with Gasteiger partial charge in [-0.2, -0.15) is 0 Å². The fourth-order valence-electron chi connectivity index (χ4n) is 5.50. The number of benzene rings is 2. The summed E-state index contributed by atoms with van der Waals surface area (Å²) in [7, 11) is 0. The molecule has 1 spiro atoms. The minimum absolute atomic E-state index is 0.0598. The minimum atomic E-state index is -0.227. The van der Waals surface area contributed by atoms with E-state index in [1.54, 1.807) is 6.07 Å². The Balaban J connectivity index is 1.42. The molecule has 1 aliphatic carbocycles. The maximum absolute atomic E-state index is 10.1. The molecule has 1 atom stereocenters. The van der Waals surface area contributed by atoms with Crippen LogP contribution in [-0.4, -0.2) is 28.2 Å². The molecule has 0 bridgehead atoms. The standard InChI is InChI=1S/C26H25Cl2N5O/c1-15-23(17-6-4-7-18(27)22(17)28)32-20(14-34)25(31-15)33-11-9-26(10-12-33)13-16-5-3-8-19(30-2)21(16)24(26)29/h3-8,24,34H,9-14,29H2,1H3/t24-/m1/s1. The van der Waals surface area contributed by atoms with Crippen LogP contribution in [0.3, 0.4) is 0 Å². The molecule has 0 unspecified atom stereocenters. The van der Waals surface area contributed by atoms with Gasteiger partial charge in [-0.1, -0.05) is 59.1 Å². The van der Waals surface area contributed by atoms with Crippen molar-refractivity contribution in [2.45, 2.75) is 38.8 Å². The topological polar surface area (TPSA) is 79.6 Å². The highest BCUT2D eigenvalue weighted by Crippen LogP contribution is 2.53. The van der Waals surface area contributed by atoms with Crippen LogP contribution in [0.2, 0.25) is 10.0 Å². The van der Waals surface area contributed by atoms with Crippen molar-refractivity contribution in [2.24, 2.45) is 11.1 Å². The number of nitrogens with two attached hydrogens (primary N) is 1. The summed E-state index contributed by atoms with van der Waals surface area (Å²) < 4.78 is 0. The number of hydrogen-bond donors (Lipinski definition) is 2. The summed E-state index contributed by atoms with van der Waals surface area (Å²) in [6.07, 6.45) is 2.66. The van der Waals surface area contributed by atoms with Crippen LogP contribution in [0.5, 0.6) is 0 Å². The summed E-state index contributed by atoms with van der Waals surface area (Å²) in [6, 6.07) is 11.2. The molecule has 1 aliphatic heterocycles. The number of aliphatic hydroxyl groups excluding tert-OH is 1. The molecule has 0 saturated carbocycles. The minimum Gasteiger partial charge on any atom is -0.390 e. The number of fused-ring (bicyclic) bond motifs is 1. The van der Waals surface area contributed by atoms with Crippen molar-refractivity contribution in [1.29, 1.82) is 0 Å². The molecule has 1 fully saturated rings. The van der Waals surface area contributed by atoms with Gasteiger partial charge in [-0.15, -0.1) is 0 Å². The normalized spacial score (nSPS) is 18.7. The number of rotatable bonds is 3. The fraction of sp³-hybridized carbons (Fsp3) is 0.346. The van der Waals surface area contributed by atoms with Crippen molar-refractivity contribution in [3.63, 3.8) is 0 Å². The van der Waals surface area contributed by atoms with E-state index in [1.165, 1.54) is 5.56 Å². The van der Waals surface area contributed by atoms with E-state index in [0.717, 1.165) is 43.6 Å². The van der Waals surface area contributed by atoms with Gasteiger partial charge in [0.15, 0.2) is 11.5 Å². The first kappa shape index (κ1) is 23.1. The third kappa shape index (κ3) is 3.64. The summed E-state index contributed by atoms with van der Waals surface area (Å²) in [6.45, 7) is 10.7. The highest BCUT2D eigenvalue weighted by Gasteiger charge is 2.47. The zero-order chi connectivity index (χ0) is 24.0. The number of aromatic nitrogens is 2. The maximum atomic E-state index is 10.1. The first-order valence-electron chi connectivity index (χ1n) is 11.3. The van der Waals surface area contributed by atoms with E-state index in [4.69, 9.17) is 45.5 Å². The van der Waals surface area contributed by atoms with Gasteiger partial charge in [0, 0.05) is 24.7 Å². The van der Waals surface area contributed by atoms with Crippen LogP contribution in [0, 0.1) is 18.9 Å². The molecule has 1 aromatic heterocycles. The molecule has 2 aromatic carbocycles. The average Bonchev–Trinajstić information content (AvgIpc) is 3.12. The molecule has 174 valence electrons. The second-order valence-electron chi connectivity index (χ2n) is 9.15. The molecule has 1 saturated heterocycles. The van der Waals surface area contributed by atoms with E-state index in [9.17, 15) is 5.11 Å². The van der Waals surface area contributed by atoms with Crippen molar-refractivity contribution < 1.29 is 5.11 Å². The summed E-state index contributed by atoms with van der Waals surface area (Å²) in [5, 5.41) is 11.0. The monoisotopic (exact) mass is 493 g/mol. The molecule has 5 rings (SSSR count). The number of aliphatic hydroxyl groups is 1. The number of aryl methyl sites for hydroxylation is 1. The van der Waals surface area contributed by atoms with Crippen molar-refractivity contribution in [1.82, 2.24) is 9.97 Å². The third-order valence-corrected chi connectivity index (χ3v) is 8.16. The maximum Gasteiger partial charge on any atom is 0.192 e. The zero-order valence-corrected chi connectivity index (χ0v) is 20.4. The zero-order valence-electron chi connectivity index (χ0n) is 18.9. The van der Waals surface area contributed by atoms with E-state index in [2.05, 4.69) is 15.8 Å². The second-order valence-corrected chi connectivity index (χ2v) is 9.94. The highest BCUT2D eigenvalue weighted by atomic mass is 35.5. The van der Waals surface area contributed by atoms with E-state index >= 15 is 0 Å². The summed E-state index contributed by atoms with van der Waals surface area (Å²) in [4.78, 5) is 15.5. The quantitative estimate of drug-likeness (QED) is 0.461. The van der Waals surface area contributed by atoms with Gasteiger partial charge in [0.25, 0.3) is 0 Å². The molecule has 2 aliphatic rings. The number of hydrogen-bond acceptors (Lipinski definition) is 5. The summed E-state index contributed by atoms with van der Waals surface area (Å²) in [5.41, 5.74) is 12.1. The van der Waals surface area contributed by atoms with Gasteiger partial charge in [0.2, 0.25) is 0 Å². The van der Waals surface area contributed by atoms with Gasteiger partial charge < -0.3 is 15.7 Å². The lowest BCUT2D eigenvalue weighted by molar-refractivity contribution is 0.187. The Morgan fingerprint density at radius 2 is 1.91 bits per heavy atom. The van der Waals surface area contributed by atoms with Crippen molar-refractivity contribution in [2.75, 3.05) is 18.0 Å². The largest absolute Gasteiger partial charge is 0.390 e. The lowest BCUT2D eigenvalue weighted by atomic mass is 9.73. The van der Waals surface area contributed by atoms with Crippen LogP contribution in [0.25, 0.3) is 16.1 Å². The third-order valence-electron chi connectivity index (χ3n) is 7.34. The molecule has 34 heavy (non-hydrogen) atoms. The Bertz CT molecular complexity index is 1310. The van der Waals surface area contributed by atoms with E-state index in [1.807, 2.05) is 31.2 Å². The molecule has 2 heterocycles. The SMILES string of the molecule is [C-]#[N+]c1cccc2c1[C@@H](N)C1(CCN(c3nc(C)c(-c4cccc(Cl)c4Cl)nc3CO)CC1)C2. The Labute approximate surface area is 209 Å². The van der Waals surface area contributed by atoms with Gasteiger partial charge in [0.1, 0.15) is 5.69 Å². The molecular weight excluding hydrogens is 469 g/mol. The van der Waals surface area contributed by atoms with E-state index in [-0.39, 0.29) is 18.1 Å². The summed E-state index contributed by atoms with van der Waals surface area (Å²) >= 11 is 12.6. The molecule has 8 heteroatoms. The molecule has 6 nitrogen and oxygen atoms in total. The predicted octanol–water partition coefficient (Wildman–Crippen LogP) is 5.64. The van der Waals surface area contributed by atoms with Gasteiger partial charge in [0.05, 0.1) is 34.6 Å². The lowest BCUT2D eigenvalue weighted by Gasteiger charge is -2.43. The van der Waals surface area contributed by atoms with Crippen molar-refractivity contribution in [3.05, 3.63) is 80.4 Å². The van der Waals surface area contributed by atoms with Gasteiger partial charge >= 0.3 is 0 Å². The molecule has 3 N–H and O–H groups in total. The first-order valence-corrected chi connectivity index (χ1v) is 12.1. The second kappa shape index (κ2) is 8.83. The lowest BCUT2D eigenvalue weighted by Crippen LogP contribution is -2.45. The Morgan fingerprint density at radius 1 is 1.18 bits per heavy atom. The molecule has 0 amide bonds. The summed E-state index contributed by atoms with van der Waals surface area (Å²) in [5.74, 6) is 0.697. The van der Waals surface area contributed by atoms with Crippen molar-refractivity contribution >= 4 is 34.7 Å². The number of nitrogens with zero attached hydrogens (tertiary/aromatic N) is 4. The van der Waals surface area contributed by atoms with Crippen LogP contribution in [-0.2, 0) is 13.0 Å². The van der Waals surface area contributed by atoms with E-state index in [0.29, 0.717) is 38.5 Å². The van der Waals surface area contributed by atoms with Gasteiger partial charge in [-0.25, -0.2) is 14.8 Å². The predicted molar refractivity (Wildman–Crippen MR) is 135 cm³/mol. The Hall–Kier alpha value is -2.69. The Kier molecular flexibility index (Phi) is 5.99. The molecule has 0 radical (unpaired) electrons. The van der Waals surface area contributed by atoms with E-state index < -0.39 is 0 Å². The number of anilines is 1. The average molecular weight is 494 g/mol. The van der Waals surface area contributed by atoms with Crippen LogP contribution in [0.15, 0.2) is 36.4 Å². The van der Waals surface area contributed by atoms with Crippen LogP contribution < -0.4 is 10.6 Å². The van der Waals surface area contributed by atoms with Crippen molar-refractivity contribution in [3.8, 4) is 11.3 Å². The fourth-order valence-corrected chi connectivity index (χ4v) is 5.89. The number of halogens is 2. The molecular formula is C26H25Cl2N5O. The van der Waals surface area contributed by atoms with Gasteiger partial charge in [-0.3, -0.25) is 0 Å². The smallest absolute Gasteiger partial charge is 0.192 e. The molecule has 3 aromatic rings. The number of piperidine rings is 1. The Morgan fingerprint density at radius 3 is 2.62 bits per heavy atom. The van der Waals surface area contributed by atoms with Crippen LogP contribution in [0.4, 0.5) is 11.5 Å². The van der Waals surface area contributed by atoms with Crippen LogP contribution in [0.1, 0.15) is 41.4 Å². The van der Waals surface area contributed by atoms with Crippen LogP contribution >= 0.6 is 23.2 Å². The first-order chi connectivity index (χ1) is 16.4.